The third-order valence-electron chi connectivity index (χ3n) is 3.95. The Morgan fingerprint density at radius 1 is 1.27 bits per heavy atom. The fourth-order valence-electron chi connectivity index (χ4n) is 2.70. The number of carbonyl (C=O) groups is 2. The third kappa shape index (κ3) is 3.50. The van der Waals surface area contributed by atoms with Crippen LogP contribution in [0.15, 0.2) is 18.2 Å². The molecule has 0 radical (unpaired) electrons. The molecule has 2 aliphatic heterocycles. The van der Waals surface area contributed by atoms with Gasteiger partial charge >= 0.3 is 0 Å². The second-order valence-electron chi connectivity index (χ2n) is 5.59. The van der Waals surface area contributed by atoms with Gasteiger partial charge in [0.25, 0.3) is 0 Å². The fraction of sp³-hybridized carbons (Fsp3) is 0.500. The van der Waals surface area contributed by atoms with Crippen molar-refractivity contribution in [1.82, 2.24) is 10.6 Å². The van der Waals surface area contributed by atoms with Gasteiger partial charge in [0.05, 0.1) is 0 Å². The summed E-state index contributed by atoms with van der Waals surface area (Å²) in [6, 6.07) is 5.29. The number of nitrogens with one attached hydrogen (secondary N) is 2. The van der Waals surface area contributed by atoms with Crippen LogP contribution in [0.2, 0.25) is 0 Å². The van der Waals surface area contributed by atoms with Crippen LogP contribution in [0.1, 0.15) is 31.2 Å². The average molecular weight is 304 g/mol. The van der Waals surface area contributed by atoms with Gasteiger partial charge < -0.3 is 20.1 Å². The van der Waals surface area contributed by atoms with E-state index < -0.39 is 6.04 Å². The predicted octanol–water partition coefficient (Wildman–Crippen LogP) is 1.13. The van der Waals surface area contributed by atoms with E-state index in [0.717, 1.165) is 29.9 Å². The number of fused-ring (bicyclic) bond motifs is 1. The van der Waals surface area contributed by atoms with Gasteiger partial charge in [-0.05, 0) is 43.4 Å². The van der Waals surface area contributed by atoms with Crippen molar-refractivity contribution in [2.24, 2.45) is 0 Å². The van der Waals surface area contributed by atoms with Crippen molar-refractivity contribution in [1.29, 1.82) is 0 Å². The Morgan fingerprint density at radius 2 is 2.14 bits per heavy atom. The topological polar surface area (TPSA) is 76.7 Å². The average Bonchev–Trinajstić information content (AvgIpc) is 2.89. The molecule has 1 aromatic rings. The van der Waals surface area contributed by atoms with Gasteiger partial charge in [-0.15, -0.1) is 0 Å². The van der Waals surface area contributed by atoms with E-state index in [1.165, 1.54) is 0 Å². The lowest BCUT2D eigenvalue weighted by molar-refractivity contribution is -0.128. The highest BCUT2D eigenvalue weighted by Gasteiger charge is 2.22. The van der Waals surface area contributed by atoms with Gasteiger partial charge in [0.1, 0.15) is 6.04 Å². The van der Waals surface area contributed by atoms with Gasteiger partial charge in [-0.3, -0.25) is 9.59 Å². The third-order valence-corrected chi connectivity index (χ3v) is 3.95. The van der Waals surface area contributed by atoms with E-state index in [1.54, 1.807) is 0 Å². The van der Waals surface area contributed by atoms with Crippen molar-refractivity contribution in [2.45, 2.75) is 38.1 Å². The molecule has 3 rings (SSSR count). The zero-order valence-corrected chi connectivity index (χ0v) is 12.4. The SMILES string of the molecule is O=C(CCc1ccc2c(c1)OCO2)N[C@@H]1CCCCNC1=O. The van der Waals surface area contributed by atoms with E-state index in [2.05, 4.69) is 10.6 Å². The van der Waals surface area contributed by atoms with E-state index >= 15 is 0 Å². The molecule has 0 saturated carbocycles. The van der Waals surface area contributed by atoms with Crippen molar-refractivity contribution >= 4 is 11.8 Å². The lowest BCUT2D eigenvalue weighted by atomic mass is 10.1. The fourth-order valence-corrected chi connectivity index (χ4v) is 2.70. The highest BCUT2D eigenvalue weighted by Crippen LogP contribution is 2.32. The molecule has 1 aromatic carbocycles. The molecule has 2 amide bonds. The summed E-state index contributed by atoms with van der Waals surface area (Å²) >= 11 is 0. The number of aryl methyl sites for hydroxylation is 1. The molecule has 0 aliphatic carbocycles. The van der Waals surface area contributed by atoms with Crippen LogP contribution in [0.4, 0.5) is 0 Å². The highest BCUT2D eigenvalue weighted by molar-refractivity contribution is 5.87. The molecule has 2 N–H and O–H groups in total. The lowest BCUT2D eigenvalue weighted by Gasteiger charge is -2.15. The molecule has 1 saturated heterocycles. The Hall–Kier alpha value is -2.24. The zero-order valence-electron chi connectivity index (χ0n) is 12.4. The predicted molar refractivity (Wildman–Crippen MR) is 79.7 cm³/mol. The summed E-state index contributed by atoms with van der Waals surface area (Å²) in [5.74, 6) is 1.29. The largest absolute Gasteiger partial charge is 0.454 e. The Bertz CT molecular complexity index is 573. The van der Waals surface area contributed by atoms with E-state index in [-0.39, 0.29) is 18.6 Å². The highest BCUT2D eigenvalue weighted by atomic mass is 16.7. The van der Waals surface area contributed by atoms with Crippen LogP contribution in [-0.2, 0) is 16.0 Å². The second kappa shape index (κ2) is 6.68. The van der Waals surface area contributed by atoms with Gasteiger partial charge in [0.15, 0.2) is 11.5 Å². The minimum absolute atomic E-state index is 0.0751. The molecule has 0 unspecified atom stereocenters. The summed E-state index contributed by atoms with van der Waals surface area (Å²) in [4.78, 5) is 23.8. The van der Waals surface area contributed by atoms with Crippen LogP contribution in [0.3, 0.4) is 0 Å². The summed E-state index contributed by atoms with van der Waals surface area (Å²) in [6.07, 6.45) is 3.59. The number of carbonyl (C=O) groups excluding carboxylic acids is 2. The van der Waals surface area contributed by atoms with Gasteiger partial charge in [0, 0.05) is 13.0 Å². The van der Waals surface area contributed by atoms with Crippen LogP contribution >= 0.6 is 0 Å². The Balaban J connectivity index is 1.50. The number of hydrogen-bond acceptors (Lipinski definition) is 4. The Labute approximate surface area is 129 Å². The molecule has 22 heavy (non-hydrogen) atoms. The lowest BCUT2D eigenvalue weighted by Crippen LogP contribution is -2.45. The second-order valence-corrected chi connectivity index (χ2v) is 5.59. The van der Waals surface area contributed by atoms with E-state index in [0.29, 0.717) is 25.8 Å². The van der Waals surface area contributed by atoms with Crippen LogP contribution in [0.25, 0.3) is 0 Å². The molecule has 6 heteroatoms. The van der Waals surface area contributed by atoms with Crippen molar-refractivity contribution in [3.63, 3.8) is 0 Å². The molecule has 118 valence electrons. The van der Waals surface area contributed by atoms with Crippen molar-refractivity contribution in [3.05, 3.63) is 23.8 Å². The standard InChI is InChI=1S/C16H20N2O4/c19-15(18-12-3-1-2-8-17-16(12)20)7-5-11-4-6-13-14(9-11)22-10-21-13/h4,6,9,12H,1-3,5,7-8,10H2,(H,17,20)(H,18,19)/t12-/m1/s1. The van der Waals surface area contributed by atoms with Gasteiger partial charge in [-0.2, -0.15) is 0 Å². The molecule has 2 aliphatic rings. The first-order valence-corrected chi connectivity index (χ1v) is 7.68. The summed E-state index contributed by atoms with van der Waals surface area (Å²) in [5, 5.41) is 5.64. The molecular formula is C16H20N2O4. The molecule has 2 heterocycles. The van der Waals surface area contributed by atoms with E-state index in [9.17, 15) is 9.59 Å². The summed E-state index contributed by atoms with van der Waals surface area (Å²) in [5.41, 5.74) is 1.02. The van der Waals surface area contributed by atoms with Gasteiger partial charge in [0.2, 0.25) is 18.6 Å². The van der Waals surface area contributed by atoms with Gasteiger partial charge in [-0.1, -0.05) is 6.07 Å². The summed E-state index contributed by atoms with van der Waals surface area (Å²) in [6.45, 7) is 0.943. The Kier molecular flexibility index (Phi) is 4.46. The number of ether oxygens (including phenoxy) is 2. The first-order valence-electron chi connectivity index (χ1n) is 7.68. The maximum atomic E-state index is 12.0. The normalized spacial score (nSPS) is 20.2. The minimum atomic E-state index is -0.397. The first kappa shape index (κ1) is 14.7. The van der Waals surface area contributed by atoms with Crippen LogP contribution in [0.5, 0.6) is 11.5 Å². The quantitative estimate of drug-likeness (QED) is 0.874. The van der Waals surface area contributed by atoms with Crippen LogP contribution < -0.4 is 20.1 Å². The molecule has 0 spiro atoms. The minimum Gasteiger partial charge on any atom is -0.454 e. The molecular weight excluding hydrogens is 284 g/mol. The number of amides is 2. The maximum Gasteiger partial charge on any atom is 0.242 e. The van der Waals surface area contributed by atoms with Crippen molar-refractivity contribution < 1.29 is 19.1 Å². The molecule has 0 bridgehead atoms. The Morgan fingerprint density at radius 3 is 3.05 bits per heavy atom. The van der Waals surface area contributed by atoms with Gasteiger partial charge in [-0.25, -0.2) is 0 Å². The van der Waals surface area contributed by atoms with E-state index in [4.69, 9.17) is 9.47 Å². The summed E-state index contributed by atoms with van der Waals surface area (Å²) in [7, 11) is 0. The van der Waals surface area contributed by atoms with Crippen LogP contribution in [-0.4, -0.2) is 31.2 Å². The number of rotatable bonds is 4. The van der Waals surface area contributed by atoms with Crippen molar-refractivity contribution in [2.75, 3.05) is 13.3 Å². The number of hydrogen-bond donors (Lipinski definition) is 2. The molecule has 1 fully saturated rings. The van der Waals surface area contributed by atoms with E-state index in [1.807, 2.05) is 18.2 Å². The monoisotopic (exact) mass is 304 g/mol. The smallest absolute Gasteiger partial charge is 0.242 e. The van der Waals surface area contributed by atoms with Crippen molar-refractivity contribution in [3.8, 4) is 11.5 Å². The molecule has 6 nitrogen and oxygen atoms in total. The number of benzene rings is 1. The zero-order chi connectivity index (χ0) is 15.4. The maximum absolute atomic E-state index is 12.0. The summed E-state index contributed by atoms with van der Waals surface area (Å²) < 4.78 is 10.6. The first-order chi connectivity index (χ1) is 10.7. The molecule has 0 aromatic heterocycles. The molecule has 1 atom stereocenters. The van der Waals surface area contributed by atoms with Crippen LogP contribution in [0, 0.1) is 0 Å².